The molecule has 4 heteroatoms. The first kappa shape index (κ1) is 13.2. The van der Waals surface area contributed by atoms with Crippen molar-refractivity contribution in [2.45, 2.75) is 32.6 Å². The van der Waals surface area contributed by atoms with E-state index in [9.17, 15) is 0 Å². The van der Waals surface area contributed by atoms with Gasteiger partial charge in [0.25, 0.3) is 0 Å². The van der Waals surface area contributed by atoms with Crippen molar-refractivity contribution in [3.8, 4) is 5.75 Å². The van der Waals surface area contributed by atoms with Crippen LogP contribution in [0.2, 0.25) is 0 Å². The first-order valence-electron chi connectivity index (χ1n) is 6.38. The molecule has 0 aromatic heterocycles. The Kier molecular flexibility index (Phi) is 4.09. The molecule has 0 radical (unpaired) electrons. The van der Waals surface area contributed by atoms with Gasteiger partial charge in [0, 0.05) is 30.9 Å². The Morgan fingerprint density at radius 1 is 1.33 bits per heavy atom. The van der Waals surface area contributed by atoms with Gasteiger partial charge in [0.15, 0.2) is 0 Å². The number of nitrogen functional groups attached to an aromatic ring is 1. The maximum Gasteiger partial charge on any atom is 0.123 e. The Bertz CT molecular complexity index is 399. The van der Waals surface area contributed by atoms with Gasteiger partial charge in [-0.05, 0) is 32.0 Å². The minimum absolute atomic E-state index is 0.279. The topological polar surface area (TPSA) is 47.7 Å². The molecule has 0 aliphatic carbocycles. The minimum atomic E-state index is 0.279. The standard InChI is InChI=1S/C14H22N2O2/c1-10-7-16(8-11(2)18-10)9-12-6-13(15)4-5-14(12)17-3/h4-6,10-11H,7-9,15H2,1-3H3/t10-,11+. The maximum atomic E-state index is 5.84. The van der Waals surface area contributed by atoms with Gasteiger partial charge < -0.3 is 15.2 Å². The number of rotatable bonds is 3. The summed E-state index contributed by atoms with van der Waals surface area (Å²) in [7, 11) is 1.69. The monoisotopic (exact) mass is 250 g/mol. The average molecular weight is 250 g/mol. The van der Waals surface area contributed by atoms with Crippen molar-refractivity contribution in [2.24, 2.45) is 0 Å². The molecule has 0 bridgehead atoms. The highest BCUT2D eigenvalue weighted by molar-refractivity contribution is 5.47. The molecule has 1 saturated heterocycles. The summed E-state index contributed by atoms with van der Waals surface area (Å²) < 4.78 is 11.1. The van der Waals surface area contributed by atoms with E-state index in [1.54, 1.807) is 7.11 Å². The Labute approximate surface area is 109 Å². The molecule has 2 N–H and O–H groups in total. The number of nitrogens with two attached hydrogens (primary N) is 1. The smallest absolute Gasteiger partial charge is 0.123 e. The summed E-state index contributed by atoms with van der Waals surface area (Å²) in [5.41, 5.74) is 7.76. The molecule has 1 aromatic carbocycles. The lowest BCUT2D eigenvalue weighted by atomic mass is 10.1. The second-order valence-corrected chi connectivity index (χ2v) is 5.02. The third-order valence-corrected chi connectivity index (χ3v) is 3.19. The molecule has 2 rings (SSSR count). The summed E-state index contributed by atoms with van der Waals surface area (Å²) in [5.74, 6) is 0.899. The Balaban J connectivity index is 2.10. The SMILES string of the molecule is COc1ccc(N)cc1CN1C[C@@H](C)O[C@@H](C)C1. The number of hydrogen-bond acceptors (Lipinski definition) is 4. The van der Waals surface area contributed by atoms with E-state index in [0.29, 0.717) is 0 Å². The lowest BCUT2D eigenvalue weighted by Gasteiger charge is -2.35. The van der Waals surface area contributed by atoms with Gasteiger partial charge in [-0.3, -0.25) is 4.90 Å². The number of nitrogens with zero attached hydrogens (tertiary/aromatic N) is 1. The minimum Gasteiger partial charge on any atom is -0.496 e. The molecule has 4 nitrogen and oxygen atoms in total. The molecular weight excluding hydrogens is 228 g/mol. The zero-order valence-electron chi connectivity index (χ0n) is 11.3. The van der Waals surface area contributed by atoms with Crippen LogP contribution in [-0.4, -0.2) is 37.3 Å². The normalized spacial score (nSPS) is 25.1. The molecule has 0 amide bonds. The summed E-state index contributed by atoms with van der Waals surface area (Å²) >= 11 is 0. The Morgan fingerprint density at radius 3 is 2.61 bits per heavy atom. The third kappa shape index (κ3) is 3.15. The van der Waals surface area contributed by atoms with E-state index < -0.39 is 0 Å². The van der Waals surface area contributed by atoms with E-state index in [-0.39, 0.29) is 12.2 Å². The van der Waals surface area contributed by atoms with Crippen molar-refractivity contribution in [2.75, 3.05) is 25.9 Å². The molecule has 1 aliphatic heterocycles. The molecule has 1 aromatic rings. The van der Waals surface area contributed by atoms with Crippen molar-refractivity contribution in [3.05, 3.63) is 23.8 Å². The van der Waals surface area contributed by atoms with Crippen LogP contribution in [0.25, 0.3) is 0 Å². The zero-order valence-corrected chi connectivity index (χ0v) is 11.3. The molecule has 100 valence electrons. The van der Waals surface area contributed by atoms with E-state index in [4.69, 9.17) is 15.2 Å². The van der Waals surface area contributed by atoms with Gasteiger partial charge in [-0.15, -0.1) is 0 Å². The number of ether oxygens (including phenoxy) is 2. The molecule has 1 heterocycles. The number of morpholine rings is 1. The fraction of sp³-hybridized carbons (Fsp3) is 0.571. The predicted octanol–water partition coefficient (Wildman–Crippen LogP) is 1.89. The highest BCUT2D eigenvalue weighted by Crippen LogP contribution is 2.24. The van der Waals surface area contributed by atoms with E-state index in [0.717, 1.165) is 36.6 Å². The van der Waals surface area contributed by atoms with E-state index >= 15 is 0 Å². The second kappa shape index (κ2) is 5.59. The highest BCUT2D eigenvalue weighted by Gasteiger charge is 2.22. The van der Waals surface area contributed by atoms with Gasteiger partial charge in [0.2, 0.25) is 0 Å². The first-order valence-corrected chi connectivity index (χ1v) is 6.38. The van der Waals surface area contributed by atoms with Crippen LogP contribution in [0.1, 0.15) is 19.4 Å². The summed E-state index contributed by atoms with van der Waals surface area (Å²) in [6.45, 7) is 6.97. The summed E-state index contributed by atoms with van der Waals surface area (Å²) in [5, 5.41) is 0. The molecule has 0 saturated carbocycles. The van der Waals surface area contributed by atoms with Crippen LogP contribution in [0.5, 0.6) is 5.75 Å². The molecular formula is C14H22N2O2. The largest absolute Gasteiger partial charge is 0.496 e. The van der Waals surface area contributed by atoms with Gasteiger partial charge in [-0.1, -0.05) is 0 Å². The fourth-order valence-electron chi connectivity index (χ4n) is 2.58. The molecule has 1 fully saturated rings. The molecule has 18 heavy (non-hydrogen) atoms. The summed E-state index contributed by atoms with van der Waals surface area (Å²) in [6.07, 6.45) is 0.557. The molecule has 2 atom stereocenters. The first-order chi connectivity index (χ1) is 8.58. The maximum absolute atomic E-state index is 5.84. The lowest BCUT2D eigenvalue weighted by molar-refractivity contribution is -0.0706. The van der Waals surface area contributed by atoms with E-state index in [1.165, 1.54) is 0 Å². The molecule has 1 aliphatic rings. The van der Waals surface area contributed by atoms with Crippen LogP contribution in [0.4, 0.5) is 5.69 Å². The van der Waals surface area contributed by atoms with E-state index in [1.807, 2.05) is 18.2 Å². The van der Waals surface area contributed by atoms with Gasteiger partial charge in [-0.2, -0.15) is 0 Å². The fourth-order valence-corrected chi connectivity index (χ4v) is 2.58. The Hall–Kier alpha value is -1.26. The predicted molar refractivity (Wildman–Crippen MR) is 72.7 cm³/mol. The second-order valence-electron chi connectivity index (χ2n) is 5.02. The van der Waals surface area contributed by atoms with Crippen LogP contribution >= 0.6 is 0 Å². The highest BCUT2D eigenvalue weighted by atomic mass is 16.5. The number of hydrogen-bond donors (Lipinski definition) is 1. The quantitative estimate of drug-likeness (QED) is 0.832. The summed E-state index contributed by atoms with van der Waals surface area (Å²) in [4.78, 5) is 2.39. The van der Waals surface area contributed by atoms with Crippen molar-refractivity contribution in [1.82, 2.24) is 4.90 Å². The molecule has 0 spiro atoms. The van der Waals surface area contributed by atoms with Gasteiger partial charge in [0.05, 0.1) is 19.3 Å². The third-order valence-electron chi connectivity index (χ3n) is 3.19. The zero-order chi connectivity index (χ0) is 13.1. The van der Waals surface area contributed by atoms with Gasteiger partial charge in [0.1, 0.15) is 5.75 Å². The van der Waals surface area contributed by atoms with Gasteiger partial charge in [-0.25, -0.2) is 0 Å². The van der Waals surface area contributed by atoms with Gasteiger partial charge >= 0.3 is 0 Å². The van der Waals surface area contributed by atoms with Crippen LogP contribution < -0.4 is 10.5 Å². The summed E-state index contributed by atoms with van der Waals surface area (Å²) in [6, 6.07) is 5.79. The number of methoxy groups -OCH3 is 1. The number of anilines is 1. The Morgan fingerprint density at radius 2 is 2.00 bits per heavy atom. The van der Waals surface area contributed by atoms with Crippen LogP contribution in [0, 0.1) is 0 Å². The number of benzene rings is 1. The van der Waals surface area contributed by atoms with E-state index in [2.05, 4.69) is 18.7 Å². The van der Waals surface area contributed by atoms with Crippen LogP contribution in [-0.2, 0) is 11.3 Å². The van der Waals surface area contributed by atoms with Crippen molar-refractivity contribution >= 4 is 5.69 Å². The van der Waals surface area contributed by atoms with Crippen molar-refractivity contribution in [1.29, 1.82) is 0 Å². The average Bonchev–Trinajstić information content (AvgIpc) is 2.27. The van der Waals surface area contributed by atoms with Crippen LogP contribution in [0.3, 0.4) is 0 Å². The molecule has 0 unspecified atom stereocenters. The van der Waals surface area contributed by atoms with Crippen molar-refractivity contribution < 1.29 is 9.47 Å². The van der Waals surface area contributed by atoms with Crippen molar-refractivity contribution in [3.63, 3.8) is 0 Å². The lowest BCUT2D eigenvalue weighted by Crippen LogP contribution is -2.44. The van der Waals surface area contributed by atoms with Crippen LogP contribution in [0.15, 0.2) is 18.2 Å².